The molecule has 0 fully saturated rings. The molecule has 0 aliphatic carbocycles. The fourth-order valence-electron chi connectivity index (χ4n) is 2.29. The van der Waals surface area contributed by atoms with E-state index in [4.69, 9.17) is 4.74 Å². The molecule has 0 spiro atoms. The maximum absolute atomic E-state index is 14.2. The molecule has 0 N–H and O–H groups in total. The zero-order valence-corrected chi connectivity index (χ0v) is 12.9. The minimum atomic E-state index is -0.934. The lowest BCUT2D eigenvalue weighted by molar-refractivity contribution is 0.314. The third-order valence-corrected chi connectivity index (χ3v) is 3.45. The van der Waals surface area contributed by atoms with E-state index in [0.717, 1.165) is 12.8 Å². The maximum atomic E-state index is 14.2. The Morgan fingerprint density at radius 3 is 2.36 bits per heavy atom. The molecule has 22 heavy (non-hydrogen) atoms. The van der Waals surface area contributed by atoms with Gasteiger partial charge in [-0.3, -0.25) is 0 Å². The van der Waals surface area contributed by atoms with Crippen molar-refractivity contribution in [2.45, 2.75) is 26.7 Å². The summed E-state index contributed by atoms with van der Waals surface area (Å²) in [4.78, 5) is 0. The fourth-order valence-corrected chi connectivity index (χ4v) is 2.29. The molecule has 2 aromatic carbocycles. The second-order valence-corrected chi connectivity index (χ2v) is 4.98. The molecular weight excluding hydrogens is 282 g/mol. The van der Waals surface area contributed by atoms with Crippen molar-refractivity contribution in [2.75, 3.05) is 6.61 Å². The third-order valence-electron chi connectivity index (χ3n) is 3.45. The minimum absolute atomic E-state index is 0.0493. The number of hydrogen-bond donors (Lipinski definition) is 0. The van der Waals surface area contributed by atoms with E-state index in [-0.39, 0.29) is 11.3 Å². The summed E-state index contributed by atoms with van der Waals surface area (Å²) in [6.07, 6.45) is 6.04. The first-order valence-electron chi connectivity index (χ1n) is 7.48. The van der Waals surface area contributed by atoms with Gasteiger partial charge in [-0.25, -0.2) is 4.39 Å². The van der Waals surface area contributed by atoms with Gasteiger partial charge in [-0.1, -0.05) is 36.4 Å². The van der Waals surface area contributed by atoms with Crippen LogP contribution in [0.25, 0.3) is 11.1 Å². The van der Waals surface area contributed by atoms with E-state index in [1.54, 1.807) is 13.0 Å². The Balaban J connectivity index is 2.23. The highest BCUT2D eigenvalue weighted by Gasteiger charge is 2.15. The molecule has 0 heterocycles. The van der Waals surface area contributed by atoms with Crippen molar-refractivity contribution in [3.8, 4) is 16.9 Å². The number of rotatable bonds is 6. The molecule has 0 unspecified atom stereocenters. The Labute approximate surface area is 130 Å². The van der Waals surface area contributed by atoms with Gasteiger partial charge in [-0.2, -0.15) is 4.39 Å². The smallest absolute Gasteiger partial charge is 0.201 e. The molecule has 0 aliphatic rings. The van der Waals surface area contributed by atoms with Gasteiger partial charge in [0.05, 0.1) is 6.61 Å². The van der Waals surface area contributed by atoms with Gasteiger partial charge in [0.2, 0.25) is 5.82 Å². The van der Waals surface area contributed by atoms with Crippen molar-refractivity contribution in [3.63, 3.8) is 0 Å². The Morgan fingerprint density at radius 2 is 1.73 bits per heavy atom. The summed E-state index contributed by atoms with van der Waals surface area (Å²) in [6, 6.07) is 10.6. The summed E-state index contributed by atoms with van der Waals surface area (Å²) < 4.78 is 33.1. The van der Waals surface area contributed by atoms with E-state index in [9.17, 15) is 8.78 Å². The zero-order chi connectivity index (χ0) is 15.9. The first-order valence-corrected chi connectivity index (χ1v) is 7.48. The first kappa shape index (κ1) is 16.2. The minimum Gasteiger partial charge on any atom is -0.491 e. The lowest BCUT2D eigenvalue weighted by Crippen LogP contribution is -1.98. The predicted molar refractivity (Wildman–Crippen MR) is 86.1 cm³/mol. The number of allylic oxidation sites excluding steroid dienone is 2. The van der Waals surface area contributed by atoms with Crippen LogP contribution in [0.4, 0.5) is 8.78 Å². The SMILES string of the molecule is C/C=C/CCc1ccc(-c2ccc(OCC)c(F)c2F)cc1. The Kier molecular flexibility index (Phi) is 5.70. The van der Waals surface area contributed by atoms with Crippen molar-refractivity contribution in [1.82, 2.24) is 0 Å². The number of halogens is 2. The van der Waals surface area contributed by atoms with E-state index in [1.165, 1.54) is 11.6 Å². The van der Waals surface area contributed by atoms with Crippen LogP contribution >= 0.6 is 0 Å². The molecule has 0 bridgehead atoms. The van der Waals surface area contributed by atoms with Gasteiger partial charge in [-0.15, -0.1) is 0 Å². The van der Waals surface area contributed by atoms with Crippen molar-refractivity contribution >= 4 is 0 Å². The summed E-state index contributed by atoms with van der Waals surface area (Å²) in [7, 11) is 0. The van der Waals surface area contributed by atoms with Crippen LogP contribution in [0.5, 0.6) is 5.75 Å². The predicted octanol–water partition coefficient (Wildman–Crippen LogP) is 5.54. The number of aryl methyl sites for hydroxylation is 1. The van der Waals surface area contributed by atoms with E-state index < -0.39 is 11.6 Å². The normalized spacial score (nSPS) is 11.1. The largest absolute Gasteiger partial charge is 0.491 e. The topological polar surface area (TPSA) is 9.23 Å². The quantitative estimate of drug-likeness (QED) is 0.637. The molecule has 0 saturated heterocycles. The molecule has 116 valence electrons. The van der Waals surface area contributed by atoms with E-state index in [1.807, 2.05) is 37.3 Å². The molecular formula is C19H20F2O. The van der Waals surface area contributed by atoms with Gasteiger partial charge in [0.15, 0.2) is 11.6 Å². The summed E-state index contributed by atoms with van der Waals surface area (Å²) in [6.45, 7) is 4.03. The lowest BCUT2D eigenvalue weighted by atomic mass is 10.0. The van der Waals surface area contributed by atoms with E-state index in [0.29, 0.717) is 12.2 Å². The van der Waals surface area contributed by atoms with Crippen LogP contribution in [0, 0.1) is 11.6 Å². The summed E-state index contributed by atoms with van der Waals surface area (Å²) in [5, 5.41) is 0. The second kappa shape index (κ2) is 7.74. The van der Waals surface area contributed by atoms with Crippen molar-refractivity contribution in [2.24, 2.45) is 0 Å². The Hall–Kier alpha value is -2.16. The lowest BCUT2D eigenvalue weighted by Gasteiger charge is -2.09. The van der Waals surface area contributed by atoms with Crippen LogP contribution in [0.2, 0.25) is 0 Å². The summed E-state index contributed by atoms with van der Waals surface area (Å²) >= 11 is 0. The van der Waals surface area contributed by atoms with E-state index in [2.05, 4.69) is 6.08 Å². The average molecular weight is 302 g/mol. The van der Waals surface area contributed by atoms with Gasteiger partial charge >= 0.3 is 0 Å². The highest BCUT2D eigenvalue weighted by Crippen LogP contribution is 2.30. The number of hydrogen-bond acceptors (Lipinski definition) is 1. The Bertz CT molecular complexity index is 645. The highest BCUT2D eigenvalue weighted by molar-refractivity contribution is 5.65. The zero-order valence-electron chi connectivity index (χ0n) is 12.9. The third kappa shape index (κ3) is 3.73. The average Bonchev–Trinajstić information content (AvgIpc) is 2.53. The standard InChI is InChI=1S/C19H20F2O/c1-3-5-6-7-14-8-10-15(11-9-14)16-12-13-17(22-4-2)19(21)18(16)20/h3,5,8-13H,4,6-7H2,1-2H3/b5-3+. The fraction of sp³-hybridized carbons (Fsp3) is 0.263. The van der Waals surface area contributed by atoms with Crippen LogP contribution in [-0.4, -0.2) is 6.61 Å². The monoisotopic (exact) mass is 302 g/mol. The van der Waals surface area contributed by atoms with Crippen molar-refractivity contribution in [1.29, 1.82) is 0 Å². The molecule has 0 aliphatic heterocycles. The van der Waals surface area contributed by atoms with Crippen LogP contribution in [-0.2, 0) is 6.42 Å². The molecule has 0 aromatic heterocycles. The van der Waals surface area contributed by atoms with Gasteiger partial charge in [0.25, 0.3) is 0 Å². The highest BCUT2D eigenvalue weighted by atomic mass is 19.2. The molecule has 0 atom stereocenters. The van der Waals surface area contributed by atoms with Crippen LogP contribution in [0.1, 0.15) is 25.8 Å². The molecule has 0 radical (unpaired) electrons. The molecule has 2 aromatic rings. The molecule has 1 nitrogen and oxygen atoms in total. The van der Waals surface area contributed by atoms with E-state index >= 15 is 0 Å². The van der Waals surface area contributed by atoms with Gasteiger partial charge in [0, 0.05) is 5.56 Å². The van der Waals surface area contributed by atoms with Crippen molar-refractivity contribution in [3.05, 3.63) is 65.7 Å². The Morgan fingerprint density at radius 1 is 1.00 bits per heavy atom. The van der Waals surface area contributed by atoms with Gasteiger partial charge in [-0.05, 0) is 49.9 Å². The first-order chi connectivity index (χ1) is 10.7. The molecule has 3 heteroatoms. The van der Waals surface area contributed by atoms with Crippen LogP contribution < -0.4 is 4.74 Å². The van der Waals surface area contributed by atoms with Crippen LogP contribution in [0.3, 0.4) is 0 Å². The number of ether oxygens (including phenoxy) is 1. The molecule has 2 rings (SSSR count). The molecule has 0 saturated carbocycles. The summed E-state index contributed by atoms with van der Waals surface area (Å²) in [5.74, 6) is -1.85. The summed E-state index contributed by atoms with van der Waals surface area (Å²) in [5.41, 5.74) is 2.09. The second-order valence-electron chi connectivity index (χ2n) is 4.98. The maximum Gasteiger partial charge on any atom is 0.201 e. The van der Waals surface area contributed by atoms with Crippen molar-refractivity contribution < 1.29 is 13.5 Å². The number of benzene rings is 2. The van der Waals surface area contributed by atoms with Crippen LogP contribution in [0.15, 0.2) is 48.6 Å². The molecule has 0 amide bonds. The van der Waals surface area contributed by atoms with Gasteiger partial charge < -0.3 is 4.74 Å². The van der Waals surface area contributed by atoms with Gasteiger partial charge in [0.1, 0.15) is 0 Å².